The van der Waals surface area contributed by atoms with Crippen LogP contribution in [0.5, 0.6) is 5.75 Å². The van der Waals surface area contributed by atoms with Crippen molar-refractivity contribution in [3.8, 4) is 5.75 Å². The number of nitrogens with one attached hydrogen (secondary N) is 1. The highest BCUT2D eigenvalue weighted by Gasteiger charge is 2.59. The molecule has 0 saturated carbocycles. The Balaban J connectivity index is 1.55. The zero-order valence-corrected chi connectivity index (χ0v) is 21.7. The number of fused-ring (bicyclic) bond motifs is 2. The third-order valence-corrected chi connectivity index (χ3v) is 8.12. The molecule has 1 fully saturated rings. The number of amides is 2. The number of nitrogens with zero attached hydrogens (tertiary/aromatic N) is 2. The van der Waals surface area contributed by atoms with Gasteiger partial charge in [-0.25, -0.2) is 4.39 Å². The number of ether oxygens (including phenoxy) is 1. The molecule has 3 atom stereocenters. The van der Waals surface area contributed by atoms with E-state index >= 15 is 4.39 Å². The summed E-state index contributed by atoms with van der Waals surface area (Å²) < 4.78 is 21.6. The van der Waals surface area contributed by atoms with E-state index in [1.54, 1.807) is 19.0 Å². The standard InChI is InChI=1S/C31H32FN3O3/c1-34(2)29(36)27-17-23(32)18-35(27)31(25-15-21-11-8-12-22(21)16-26(25)33-30(31)37)24-13-6-7-14-28(24)38-19-20-9-4-3-5-10-20/h3-7,9-10,13-16,23,27H,8,11-12,17-19H2,1-2H3,(H,33,37)/t23-,27+,31?/m1/s1. The van der Waals surface area contributed by atoms with E-state index < -0.39 is 17.8 Å². The molecule has 6 rings (SSSR count). The number of halogens is 1. The van der Waals surface area contributed by atoms with Gasteiger partial charge in [-0.05, 0) is 48.1 Å². The van der Waals surface area contributed by atoms with Crippen molar-refractivity contribution in [1.82, 2.24) is 9.80 Å². The minimum atomic E-state index is -1.41. The summed E-state index contributed by atoms with van der Waals surface area (Å²) in [6, 6.07) is 20.7. The van der Waals surface area contributed by atoms with Gasteiger partial charge in [-0.15, -0.1) is 0 Å². The van der Waals surface area contributed by atoms with Crippen molar-refractivity contribution in [3.05, 3.63) is 94.5 Å². The highest BCUT2D eigenvalue weighted by molar-refractivity contribution is 6.09. The highest BCUT2D eigenvalue weighted by atomic mass is 19.1. The van der Waals surface area contributed by atoms with Crippen molar-refractivity contribution in [3.63, 3.8) is 0 Å². The van der Waals surface area contributed by atoms with E-state index in [2.05, 4.69) is 17.4 Å². The number of benzene rings is 3. The third-order valence-electron chi connectivity index (χ3n) is 8.12. The topological polar surface area (TPSA) is 61.9 Å². The van der Waals surface area contributed by atoms with Crippen LogP contribution in [-0.2, 0) is 34.6 Å². The molecule has 0 radical (unpaired) electrons. The number of carbonyl (C=O) groups is 2. The molecule has 1 N–H and O–H groups in total. The SMILES string of the molecule is CN(C)C(=O)[C@@H]1C[C@@H](F)CN1C1(c2ccccc2OCc2ccccc2)C(=O)Nc2cc3c(cc21)CCC3. The lowest BCUT2D eigenvalue weighted by Gasteiger charge is -2.41. The van der Waals surface area contributed by atoms with E-state index in [4.69, 9.17) is 4.74 Å². The van der Waals surface area contributed by atoms with E-state index in [1.165, 1.54) is 16.0 Å². The molecule has 6 nitrogen and oxygen atoms in total. The lowest BCUT2D eigenvalue weighted by atomic mass is 9.80. The highest BCUT2D eigenvalue weighted by Crippen LogP contribution is 2.52. The van der Waals surface area contributed by atoms with Gasteiger partial charge in [0.15, 0.2) is 5.54 Å². The predicted octanol–water partition coefficient (Wildman–Crippen LogP) is 4.45. The van der Waals surface area contributed by atoms with Crippen LogP contribution in [0.15, 0.2) is 66.7 Å². The van der Waals surface area contributed by atoms with Crippen molar-refractivity contribution >= 4 is 17.5 Å². The normalized spacial score (nSPS) is 24.1. The summed E-state index contributed by atoms with van der Waals surface area (Å²) in [5, 5.41) is 3.11. The Morgan fingerprint density at radius 2 is 1.76 bits per heavy atom. The van der Waals surface area contributed by atoms with Crippen molar-refractivity contribution < 1.29 is 18.7 Å². The lowest BCUT2D eigenvalue weighted by Crippen LogP contribution is -2.57. The van der Waals surface area contributed by atoms with Crippen molar-refractivity contribution in [2.24, 2.45) is 0 Å². The molecule has 0 spiro atoms. The molecule has 2 heterocycles. The van der Waals surface area contributed by atoms with Crippen LogP contribution in [0.1, 0.15) is 40.7 Å². The van der Waals surface area contributed by atoms with Crippen LogP contribution in [0, 0.1) is 0 Å². The molecule has 2 aliphatic heterocycles. The first-order valence-electron chi connectivity index (χ1n) is 13.3. The second-order valence-corrected chi connectivity index (χ2v) is 10.7. The third kappa shape index (κ3) is 3.88. The van der Waals surface area contributed by atoms with Crippen LogP contribution in [0.2, 0.25) is 0 Å². The number of rotatable bonds is 6. The molecule has 3 aromatic carbocycles. The van der Waals surface area contributed by atoms with Gasteiger partial charge in [0.05, 0.1) is 6.04 Å². The minimum Gasteiger partial charge on any atom is -0.489 e. The van der Waals surface area contributed by atoms with Crippen LogP contribution in [-0.4, -0.2) is 54.5 Å². The van der Waals surface area contributed by atoms with Crippen LogP contribution >= 0.6 is 0 Å². The van der Waals surface area contributed by atoms with Crippen LogP contribution < -0.4 is 10.1 Å². The first kappa shape index (κ1) is 24.6. The summed E-state index contributed by atoms with van der Waals surface area (Å²) in [5.41, 5.74) is 4.15. The number of hydrogen-bond donors (Lipinski definition) is 1. The number of alkyl halides is 1. The Labute approximate surface area is 222 Å². The Hall–Kier alpha value is -3.71. The zero-order valence-electron chi connectivity index (χ0n) is 21.7. The summed E-state index contributed by atoms with van der Waals surface area (Å²) in [4.78, 5) is 30.9. The fourth-order valence-electron chi connectivity index (χ4n) is 6.38. The molecule has 196 valence electrons. The zero-order chi connectivity index (χ0) is 26.4. The Kier molecular flexibility index (Phi) is 6.19. The molecule has 3 aromatic rings. The van der Waals surface area contributed by atoms with Gasteiger partial charge in [-0.1, -0.05) is 54.6 Å². The van der Waals surface area contributed by atoms with Crippen LogP contribution in [0.25, 0.3) is 0 Å². The summed E-state index contributed by atoms with van der Waals surface area (Å²) in [5.74, 6) is 0.0467. The number of para-hydroxylation sites is 1. The number of hydrogen-bond acceptors (Lipinski definition) is 4. The molecular weight excluding hydrogens is 481 g/mol. The average Bonchev–Trinajstić information content (AvgIpc) is 3.61. The number of aryl methyl sites for hydroxylation is 2. The summed E-state index contributed by atoms with van der Waals surface area (Å²) in [6.45, 7) is 0.291. The molecular formula is C31H32FN3O3. The van der Waals surface area contributed by atoms with Gasteiger partial charge < -0.3 is 15.0 Å². The summed E-state index contributed by atoms with van der Waals surface area (Å²) in [7, 11) is 3.34. The van der Waals surface area contributed by atoms with Crippen LogP contribution in [0.4, 0.5) is 10.1 Å². The Bertz CT molecular complexity index is 1390. The molecule has 1 unspecified atom stereocenters. The minimum absolute atomic E-state index is 0.0266. The van der Waals surface area contributed by atoms with Crippen molar-refractivity contribution in [1.29, 1.82) is 0 Å². The second-order valence-electron chi connectivity index (χ2n) is 10.7. The predicted molar refractivity (Wildman–Crippen MR) is 144 cm³/mol. The second kappa shape index (κ2) is 9.55. The largest absolute Gasteiger partial charge is 0.489 e. The van der Waals surface area contributed by atoms with Crippen LogP contribution in [0.3, 0.4) is 0 Å². The first-order chi connectivity index (χ1) is 18.4. The fraction of sp³-hybridized carbons (Fsp3) is 0.355. The van der Waals surface area contributed by atoms with E-state index in [1.807, 2.05) is 54.6 Å². The van der Waals surface area contributed by atoms with E-state index in [0.29, 0.717) is 17.9 Å². The lowest BCUT2D eigenvalue weighted by molar-refractivity contribution is -0.138. The summed E-state index contributed by atoms with van der Waals surface area (Å²) >= 11 is 0. The monoisotopic (exact) mass is 513 g/mol. The van der Waals surface area contributed by atoms with Gasteiger partial charge in [-0.3, -0.25) is 14.5 Å². The van der Waals surface area contributed by atoms with Gasteiger partial charge in [0.1, 0.15) is 18.5 Å². The quantitative estimate of drug-likeness (QED) is 0.529. The maximum Gasteiger partial charge on any atom is 0.254 e. The first-order valence-corrected chi connectivity index (χ1v) is 13.3. The number of likely N-dealkylation sites (tertiary alicyclic amines) is 1. The van der Waals surface area contributed by atoms with Gasteiger partial charge in [0.25, 0.3) is 5.91 Å². The van der Waals surface area contributed by atoms with Gasteiger partial charge in [0.2, 0.25) is 5.91 Å². The maximum atomic E-state index is 15.2. The maximum absolute atomic E-state index is 15.2. The molecule has 1 saturated heterocycles. The van der Waals surface area contributed by atoms with E-state index in [0.717, 1.165) is 36.1 Å². The van der Waals surface area contributed by atoms with Gasteiger partial charge in [-0.2, -0.15) is 0 Å². The number of anilines is 1. The average molecular weight is 514 g/mol. The molecule has 0 aromatic heterocycles. The molecule has 1 aliphatic carbocycles. The molecule has 2 amide bonds. The van der Waals surface area contributed by atoms with E-state index in [9.17, 15) is 9.59 Å². The van der Waals surface area contributed by atoms with E-state index in [-0.39, 0.29) is 24.8 Å². The fourth-order valence-corrected chi connectivity index (χ4v) is 6.38. The smallest absolute Gasteiger partial charge is 0.254 e. The van der Waals surface area contributed by atoms with Crippen molar-refractivity contribution in [2.45, 2.75) is 50.0 Å². The molecule has 0 bridgehead atoms. The van der Waals surface area contributed by atoms with Crippen molar-refractivity contribution in [2.75, 3.05) is 26.0 Å². The molecule has 38 heavy (non-hydrogen) atoms. The van der Waals surface area contributed by atoms with Gasteiger partial charge >= 0.3 is 0 Å². The Morgan fingerprint density at radius 3 is 2.53 bits per heavy atom. The van der Waals surface area contributed by atoms with Gasteiger partial charge in [0, 0.05) is 43.9 Å². The molecule has 7 heteroatoms. The molecule has 3 aliphatic rings. The Morgan fingerprint density at radius 1 is 1.05 bits per heavy atom. The summed E-state index contributed by atoms with van der Waals surface area (Å²) in [6.07, 6.45) is 1.78. The number of likely N-dealkylation sites (N-methyl/N-ethyl adjacent to an activating group) is 1. The number of carbonyl (C=O) groups excluding carboxylic acids is 2.